The summed E-state index contributed by atoms with van der Waals surface area (Å²) in [5.74, 6) is 0. The van der Waals surface area contributed by atoms with E-state index in [0.29, 0.717) is 6.04 Å². The molecule has 2 aromatic carbocycles. The molecule has 146 valence electrons. The minimum Gasteiger partial charge on any atom is -0.350 e. The molecule has 1 aromatic heterocycles. The number of fused-ring (bicyclic) bond motifs is 1. The van der Waals surface area contributed by atoms with Crippen molar-refractivity contribution in [1.82, 2.24) is 9.47 Å². The van der Waals surface area contributed by atoms with Crippen molar-refractivity contribution >= 4 is 33.9 Å². The number of nitrogens with zero attached hydrogens (tertiary/aromatic N) is 2. The Morgan fingerprint density at radius 2 is 1.79 bits per heavy atom. The van der Waals surface area contributed by atoms with Crippen molar-refractivity contribution in [3.63, 3.8) is 0 Å². The molecule has 0 amide bonds. The van der Waals surface area contributed by atoms with Crippen LogP contribution in [0.15, 0.2) is 54.7 Å². The summed E-state index contributed by atoms with van der Waals surface area (Å²) in [4.78, 5) is 2.43. The Morgan fingerprint density at radius 3 is 2.57 bits per heavy atom. The quantitative estimate of drug-likeness (QED) is 0.549. The minimum atomic E-state index is 0.511. The molecule has 0 spiro atoms. The normalized spacial score (nSPS) is 14.9. The average molecular weight is 392 g/mol. The Labute approximate surface area is 173 Å². The lowest BCUT2D eigenvalue weighted by molar-refractivity contribution is 0.241. The van der Waals surface area contributed by atoms with E-state index in [0.717, 1.165) is 17.3 Å². The topological polar surface area (TPSA) is 20.2 Å². The van der Waals surface area contributed by atoms with Gasteiger partial charge in [0.2, 0.25) is 0 Å². The maximum atomic E-state index is 5.93. The molecule has 0 radical (unpaired) electrons. The molecule has 0 bridgehead atoms. The van der Waals surface area contributed by atoms with E-state index in [1.807, 2.05) is 0 Å². The van der Waals surface area contributed by atoms with E-state index in [-0.39, 0.29) is 0 Å². The zero-order valence-corrected chi connectivity index (χ0v) is 17.6. The van der Waals surface area contributed by atoms with E-state index in [1.165, 1.54) is 54.1 Å². The number of aromatic nitrogens is 1. The number of thiocarbonyl (C=S) groups is 1. The second-order valence-electron chi connectivity index (χ2n) is 7.95. The molecule has 28 heavy (non-hydrogen) atoms. The Balaban J connectivity index is 1.63. The Kier molecular flexibility index (Phi) is 5.67. The molecule has 0 atom stereocenters. The Morgan fingerprint density at radius 1 is 1.07 bits per heavy atom. The van der Waals surface area contributed by atoms with Gasteiger partial charge >= 0.3 is 0 Å². The van der Waals surface area contributed by atoms with Gasteiger partial charge in [-0.2, -0.15) is 0 Å². The van der Waals surface area contributed by atoms with Gasteiger partial charge in [-0.25, -0.2) is 0 Å². The first-order valence-corrected chi connectivity index (χ1v) is 10.7. The van der Waals surface area contributed by atoms with Crippen molar-refractivity contribution in [1.29, 1.82) is 0 Å². The van der Waals surface area contributed by atoms with E-state index in [2.05, 4.69) is 83.5 Å². The second-order valence-corrected chi connectivity index (χ2v) is 8.33. The number of rotatable bonds is 4. The minimum absolute atomic E-state index is 0.511. The van der Waals surface area contributed by atoms with Crippen molar-refractivity contribution in [2.24, 2.45) is 7.05 Å². The molecular weight excluding hydrogens is 362 g/mol. The summed E-state index contributed by atoms with van der Waals surface area (Å²) in [6.45, 7) is 2.98. The predicted octanol–water partition coefficient (Wildman–Crippen LogP) is 6.02. The standard InChI is InChI=1S/C24H29N3S/c1-18-10-6-8-14-22(18)25-24(28)27(20-11-4-3-5-12-20)17-19-16-26(2)23-15-9-7-13-21(19)23/h6-10,13-16,20H,3-5,11-12,17H2,1-2H3,(H,25,28). The number of para-hydroxylation sites is 2. The summed E-state index contributed by atoms with van der Waals surface area (Å²) >= 11 is 5.93. The fourth-order valence-corrected chi connectivity index (χ4v) is 4.72. The molecule has 0 saturated heterocycles. The zero-order valence-electron chi connectivity index (χ0n) is 16.8. The highest BCUT2D eigenvalue weighted by Gasteiger charge is 2.25. The van der Waals surface area contributed by atoms with Crippen molar-refractivity contribution in [3.8, 4) is 0 Å². The summed E-state index contributed by atoms with van der Waals surface area (Å²) in [6.07, 6.45) is 8.64. The lowest BCUT2D eigenvalue weighted by Crippen LogP contribution is -2.43. The van der Waals surface area contributed by atoms with Crippen LogP contribution < -0.4 is 5.32 Å². The van der Waals surface area contributed by atoms with Crippen LogP contribution in [-0.2, 0) is 13.6 Å². The molecule has 0 aliphatic heterocycles. The van der Waals surface area contributed by atoms with Gasteiger partial charge in [0, 0.05) is 42.4 Å². The molecule has 0 unspecified atom stereocenters. The molecule has 1 saturated carbocycles. The van der Waals surface area contributed by atoms with Gasteiger partial charge in [-0.1, -0.05) is 55.7 Å². The highest BCUT2D eigenvalue weighted by Crippen LogP contribution is 2.28. The van der Waals surface area contributed by atoms with Gasteiger partial charge < -0.3 is 14.8 Å². The lowest BCUT2D eigenvalue weighted by Gasteiger charge is -2.36. The Hall–Kier alpha value is -2.33. The molecule has 1 N–H and O–H groups in total. The van der Waals surface area contributed by atoms with Gasteiger partial charge in [-0.3, -0.25) is 0 Å². The first-order chi connectivity index (χ1) is 13.6. The van der Waals surface area contributed by atoms with E-state index in [9.17, 15) is 0 Å². The van der Waals surface area contributed by atoms with Crippen LogP contribution in [0.5, 0.6) is 0 Å². The van der Waals surface area contributed by atoms with Crippen LogP contribution in [0.3, 0.4) is 0 Å². The summed E-state index contributed by atoms with van der Waals surface area (Å²) in [7, 11) is 2.13. The maximum Gasteiger partial charge on any atom is 0.173 e. The molecule has 4 rings (SSSR count). The third kappa shape index (κ3) is 3.93. The van der Waals surface area contributed by atoms with E-state index in [1.54, 1.807) is 0 Å². The van der Waals surface area contributed by atoms with Crippen LogP contribution in [0.1, 0.15) is 43.2 Å². The highest BCUT2D eigenvalue weighted by molar-refractivity contribution is 7.80. The molecule has 1 fully saturated rings. The number of benzene rings is 2. The highest BCUT2D eigenvalue weighted by atomic mass is 32.1. The number of hydrogen-bond acceptors (Lipinski definition) is 1. The maximum absolute atomic E-state index is 5.93. The van der Waals surface area contributed by atoms with Crippen molar-refractivity contribution in [2.75, 3.05) is 5.32 Å². The number of aryl methyl sites for hydroxylation is 2. The molecule has 4 heteroatoms. The van der Waals surface area contributed by atoms with Crippen molar-refractivity contribution in [2.45, 2.75) is 51.6 Å². The van der Waals surface area contributed by atoms with Gasteiger partial charge in [0.15, 0.2) is 5.11 Å². The molecule has 1 aliphatic rings. The predicted molar refractivity (Wildman–Crippen MR) is 123 cm³/mol. The SMILES string of the molecule is Cc1ccccc1NC(=S)N(Cc1cn(C)c2ccccc12)C1CCCCC1. The van der Waals surface area contributed by atoms with E-state index >= 15 is 0 Å². The van der Waals surface area contributed by atoms with Crippen LogP contribution in [0.25, 0.3) is 10.9 Å². The second kappa shape index (κ2) is 8.36. The van der Waals surface area contributed by atoms with Crippen LogP contribution in [-0.4, -0.2) is 20.6 Å². The smallest absolute Gasteiger partial charge is 0.173 e. The van der Waals surface area contributed by atoms with Crippen molar-refractivity contribution < 1.29 is 0 Å². The largest absolute Gasteiger partial charge is 0.350 e. The Bertz CT molecular complexity index is 969. The third-order valence-corrected chi connectivity index (χ3v) is 6.32. The average Bonchev–Trinajstić information content (AvgIpc) is 3.04. The molecule has 1 heterocycles. The number of hydrogen-bond donors (Lipinski definition) is 1. The third-order valence-electron chi connectivity index (χ3n) is 5.98. The van der Waals surface area contributed by atoms with Crippen molar-refractivity contribution in [3.05, 3.63) is 65.9 Å². The summed E-state index contributed by atoms with van der Waals surface area (Å²) in [5, 5.41) is 5.70. The van der Waals surface area contributed by atoms with Gasteiger partial charge in [0.1, 0.15) is 0 Å². The van der Waals surface area contributed by atoms with Gasteiger partial charge in [-0.05, 0) is 55.2 Å². The van der Waals surface area contributed by atoms with Gasteiger partial charge in [0.05, 0.1) is 0 Å². The first-order valence-electron chi connectivity index (χ1n) is 10.3. The summed E-state index contributed by atoms with van der Waals surface area (Å²) < 4.78 is 2.22. The molecular formula is C24H29N3S. The molecule has 1 aliphatic carbocycles. The van der Waals surface area contributed by atoms with Crippen LogP contribution in [0.4, 0.5) is 5.69 Å². The van der Waals surface area contributed by atoms with E-state index in [4.69, 9.17) is 12.2 Å². The van der Waals surface area contributed by atoms with Crippen LogP contribution in [0, 0.1) is 6.92 Å². The van der Waals surface area contributed by atoms with Crippen LogP contribution in [0.2, 0.25) is 0 Å². The summed E-state index contributed by atoms with van der Waals surface area (Å²) in [6, 6.07) is 17.5. The van der Waals surface area contributed by atoms with Crippen LogP contribution >= 0.6 is 12.2 Å². The van der Waals surface area contributed by atoms with Gasteiger partial charge in [0.25, 0.3) is 0 Å². The summed E-state index contributed by atoms with van der Waals surface area (Å²) in [5.41, 5.74) is 4.95. The first kappa shape index (κ1) is 19.0. The number of nitrogens with one attached hydrogen (secondary N) is 1. The van der Waals surface area contributed by atoms with Gasteiger partial charge in [-0.15, -0.1) is 0 Å². The molecule has 3 aromatic rings. The fraction of sp³-hybridized carbons (Fsp3) is 0.375. The fourth-order valence-electron chi connectivity index (χ4n) is 4.39. The lowest BCUT2D eigenvalue weighted by atomic mass is 9.94. The molecule has 3 nitrogen and oxygen atoms in total. The zero-order chi connectivity index (χ0) is 19.5. The van der Waals surface area contributed by atoms with E-state index < -0.39 is 0 Å². The monoisotopic (exact) mass is 391 g/mol. The number of anilines is 1.